The van der Waals surface area contributed by atoms with Crippen LogP contribution < -0.4 is 5.32 Å². The van der Waals surface area contributed by atoms with Crippen molar-refractivity contribution in [1.82, 2.24) is 25.1 Å². The molecule has 0 radical (unpaired) electrons. The monoisotopic (exact) mass is 549 g/mol. The Morgan fingerprint density at radius 3 is 2.29 bits per heavy atom. The molecule has 8 heteroatoms. The van der Waals surface area contributed by atoms with Gasteiger partial charge in [-0.25, -0.2) is 0 Å². The van der Waals surface area contributed by atoms with E-state index in [2.05, 4.69) is 15.3 Å². The van der Waals surface area contributed by atoms with Crippen molar-refractivity contribution in [3.63, 3.8) is 0 Å². The van der Waals surface area contributed by atoms with Gasteiger partial charge in [0.1, 0.15) is 17.4 Å². The van der Waals surface area contributed by atoms with Crippen molar-refractivity contribution >= 4 is 28.6 Å². The Morgan fingerprint density at radius 2 is 1.66 bits per heavy atom. The Kier molecular flexibility index (Phi) is 6.64. The molecule has 2 aromatic heterocycles. The molecule has 2 fully saturated rings. The molecule has 4 heterocycles. The second-order valence-electron chi connectivity index (χ2n) is 12.3. The fourth-order valence-corrected chi connectivity index (χ4v) is 6.11. The van der Waals surface area contributed by atoms with Crippen LogP contribution in [0.3, 0.4) is 0 Å². The molecule has 4 aromatic rings. The van der Waals surface area contributed by atoms with Gasteiger partial charge in [-0.3, -0.25) is 19.4 Å². The van der Waals surface area contributed by atoms with Crippen molar-refractivity contribution in [2.24, 2.45) is 5.41 Å². The lowest BCUT2D eigenvalue weighted by Crippen LogP contribution is -2.59. The van der Waals surface area contributed by atoms with Gasteiger partial charge in [0, 0.05) is 35.8 Å². The summed E-state index contributed by atoms with van der Waals surface area (Å²) in [5.74, 6) is -0.526. The van der Waals surface area contributed by atoms with E-state index < -0.39 is 11.5 Å². The van der Waals surface area contributed by atoms with E-state index in [1.165, 1.54) is 0 Å². The number of aromatic amines is 1. The molecule has 6 rings (SSSR count). The van der Waals surface area contributed by atoms with Crippen LogP contribution in [0.1, 0.15) is 53.7 Å². The number of carbonyl (C=O) groups is 3. The van der Waals surface area contributed by atoms with Crippen molar-refractivity contribution < 1.29 is 14.4 Å². The van der Waals surface area contributed by atoms with Crippen molar-refractivity contribution in [3.05, 3.63) is 89.9 Å². The summed E-state index contributed by atoms with van der Waals surface area (Å²) < 4.78 is 0. The minimum absolute atomic E-state index is 0.0694. The molecule has 2 aliphatic heterocycles. The second kappa shape index (κ2) is 10.2. The minimum Gasteiger partial charge on any atom is -0.351 e. The number of nitrogens with zero attached hydrogens (tertiary/aromatic N) is 3. The van der Waals surface area contributed by atoms with Gasteiger partial charge in [0.2, 0.25) is 5.91 Å². The summed E-state index contributed by atoms with van der Waals surface area (Å²) in [5, 5.41) is 4.00. The maximum absolute atomic E-state index is 13.9. The van der Waals surface area contributed by atoms with E-state index in [-0.39, 0.29) is 29.8 Å². The predicted molar refractivity (Wildman–Crippen MR) is 158 cm³/mol. The number of hydrogen-bond acceptors (Lipinski definition) is 4. The quantitative estimate of drug-likeness (QED) is 0.373. The fraction of sp³-hybridized carbons (Fsp3) is 0.333. The minimum atomic E-state index is -0.710. The van der Waals surface area contributed by atoms with Crippen LogP contribution in [0.5, 0.6) is 0 Å². The molecule has 3 atom stereocenters. The van der Waals surface area contributed by atoms with E-state index in [9.17, 15) is 14.4 Å². The average molecular weight is 550 g/mol. The molecule has 2 N–H and O–H groups in total. The van der Waals surface area contributed by atoms with Gasteiger partial charge in [0.05, 0.1) is 12.1 Å². The number of rotatable bonds is 5. The van der Waals surface area contributed by atoms with Gasteiger partial charge < -0.3 is 20.1 Å². The number of aromatic nitrogens is 2. The first-order chi connectivity index (χ1) is 19.6. The standard InChI is InChI=1S/C33H35N5O3/c1-20-9-8-12-26-25(20)16-28(35-26)30(39)36-29(33(2,3)4)32(41)38-19-23-15-24(38)18-37(23)31(40)27-14-13-22(17-34-27)21-10-6-5-7-11-21/h5-14,16-17,23-24,29,35H,15,18-19H2,1-4H3,(H,36,39)/t23-,24-,29+/m0/s1. The molecule has 210 valence electrons. The number of piperazine rings is 1. The molecule has 2 aliphatic rings. The summed E-state index contributed by atoms with van der Waals surface area (Å²) >= 11 is 0. The predicted octanol–water partition coefficient (Wildman–Crippen LogP) is 4.81. The molecule has 41 heavy (non-hydrogen) atoms. The molecule has 0 spiro atoms. The molecule has 0 unspecified atom stereocenters. The highest BCUT2D eigenvalue weighted by molar-refractivity contribution is 6.01. The van der Waals surface area contributed by atoms with Crippen LogP contribution in [0.25, 0.3) is 22.0 Å². The summed E-state index contributed by atoms with van der Waals surface area (Å²) in [6.07, 6.45) is 2.46. The van der Waals surface area contributed by atoms with Gasteiger partial charge in [-0.15, -0.1) is 0 Å². The Labute approximate surface area is 239 Å². The average Bonchev–Trinajstić information content (AvgIpc) is 3.70. The molecular weight excluding hydrogens is 514 g/mol. The smallest absolute Gasteiger partial charge is 0.272 e. The highest BCUT2D eigenvalue weighted by Crippen LogP contribution is 2.34. The van der Waals surface area contributed by atoms with E-state index in [4.69, 9.17) is 0 Å². The van der Waals surface area contributed by atoms with Crippen LogP contribution in [0.4, 0.5) is 0 Å². The van der Waals surface area contributed by atoms with Crippen molar-refractivity contribution in [2.45, 2.75) is 52.2 Å². The highest BCUT2D eigenvalue weighted by atomic mass is 16.2. The molecule has 0 saturated carbocycles. The summed E-state index contributed by atoms with van der Waals surface area (Å²) in [4.78, 5) is 51.9. The van der Waals surface area contributed by atoms with Gasteiger partial charge in [-0.1, -0.05) is 69.3 Å². The maximum Gasteiger partial charge on any atom is 0.272 e. The first-order valence-corrected chi connectivity index (χ1v) is 14.1. The summed E-state index contributed by atoms with van der Waals surface area (Å²) in [5.41, 5.74) is 4.31. The lowest BCUT2D eigenvalue weighted by atomic mass is 9.85. The maximum atomic E-state index is 13.9. The number of fused-ring (bicyclic) bond motifs is 3. The fourth-order valence-electron chi connectivity index (χ4n) is 6.11. The SMILES string of the molecule is Cc1cccc2[nH]c(C(=O)N[C@H](C(=O)N3C[C@@H]4C[C@H]3CN4C(=O)c3ccc(-c4ccccc4)cn3)C(C)(C)C)cc12. The van der Waals surface area contributed by atoms with E-state index >= 15 is 0 Å². The lowest BCUT2D eigenvalue weighted by Gasteiger charge is -2.39. The summed E-state index contributed by atoms with van der Waals surface area (Å²) in [6.45, 7) is 8.79. The van der Waals surface area contributed by atoms with Crippen molar-refractivity contribution in [2.75, 3.05) is 13.1 Å². The Bertz CT molecular complexity index is 1620. The van der Waals surface area contributed by atoms with Gasteiger partial charge in [0.15, 0.2) is 0 Å². The molecular formula is C33H35N5O3. The molecule has 8 nitrogen and oxygen atoms in total. The number of likely N-dealkylation sites (tertiary alicyclic amines) is 2. The third kappa shape index (κ3) is 4.99. The van der Waals surface area contributed by atoms with Crippen molar-refractivity contribution in [3.8, 4) is 11.1 Å². The highest BCUT2D eigenvalue weighted by Gasteiger charge is 2.50. The van der Waals surface area contributed by atoms with E-state index in [0.717, 1.165) is 34.0 Å². The third-order valence-corrected chi connectivity index (χ3v) is 8.39. The van der Waals surface area contributed by atoms with Crippen LogP contribution in [0.15, 0.2) is 72.9 Å². The number of aryl methyl sites for hydroxylation is 1. The van der Waals surface area contributed by atoms with Gasteiger partial charge in [-0.05, 0) is 48.1 Å². The number of benzene rings is 2. The number of pyridine rings is 1. The molecule has 0 aliphatic carbocycles. The van der Waals surface area contributed by atoms with Gasteiger partial charge in [-0.2, -0.15) is 0 Å². The Morgan fingerprint density at radius 1 is 0.927 bits per heavy atom. The van der Waals surface area contributed by atoms with Crippen LogP contribution in [0.2, 0.25) is 0 Å². The van der Waals surface area contributed by atoms with Crippen LogP contribution in [0, 0.1) is 12.3 Å². The lowest BCUT2D eigenvalue weighted by molar-refractivity contribution is -0.138. The molecule has 2 saturated heterocycles. The number of H-pyrrole nitrogens is 1. The number of nitrogens with one attached hydrogen (secondary N) is 2. The normalized spacial score (nSPS) is 19.0. The summed E-state index contributed by atoms with van der Waals surface area (Å²) in [6, 6.07) is 20.5. The number of hydrogen-bond donors (Lipinski definition) is 2. The first-order valence-electron chi connectivity index (χ1n) is 14.1. The van der Waals surface area contributed by atoms with Gasteiger partial charge in [0.25, 0.3) is 11.8 Å². The molecule has 2 bridgehead atoms. The Hall–Kier alpha value is -4.46. The number of amides is 3. The molecule has 2 aromatic carbocycles. The summed E-state index contributed by atoms with van der Waals surface area (Å²) in [7, 11) is 0. The van der Waals surface area contributed by atoms with E-state index in [1.54, 1.807) is 12.3 Å². The largest absolute Gasteiger partial charge is 0.351 e. The van der Waals surface area contributed by atoms with E-state index in [0.29, 0.717) is 24.5 Å². The van der Waals surface area contributed by atoms with Crippen LogP contribution in [-0.4, -0.2) is 68.7 Å². The molecule has 3 amide bonds. The van der Waals surface area contributed by atoms with Crippen LogP contribution >= 0.6 is 0 Å². The Balaban J connectivity index is 1.13. The van der Waals surface area contributed by atoms with Crippen molar-refractivity contribution in [1.29, 1.82) is 0 Å². The first kappa shape index (κ1) is 26.7. The second-order valence-corrected chi connectivity index (χ2v) is 12.3. The van der Waals surface area contributed by atoms with Crippen LogP contribution in [-0.2, 0) is 4.79 Å². The zero-order chi connectivity index (χ0) is 28.9. The number of carbonyl (C=O) groups excluding carboxylic acids is 3. The van der Waals surface area contributed by atoms with Gasteiger partial charge >= 0.3 is 0 Å². The zero-order valence-electron chi connectivity index (χ0n) is 23.8. The zero-order valence-corrected chi connectivity index (χ0v) is 23.8. The third-order valence-electron chi connectivity index (χ3n) is 8.39. The van der Waals surface area contributed by atoms with E-state index in [1.807, 2.05) is 98.2 Å². The topological polar surface area (TPSA) is 98.4 Å².